The van der Waals surface area contributed by atoms with Gasteiger partial charge in [0.1, 0.15) is 18.8 Å². The van der Waals surface area contributed by atoms with E-state index in [0.29, 0.717) is 48.7 Å². The van der Waals surface area contributed by atoms with E-state index in [2.05, 4.69) is 5.32 Å². The molecule has 0 radical (unpaired) electrons. The summed E-state index contributed by atoms with van der Waals surface area (Å²) in [4.78, 5) is 53.1. The van der Waals surface area contributed by atoms with E-state index in [1.165, 1.54) is 29.2 Å². The number of imide groups is 1. The molecule has 4 unspecified atom stereocenters. The van der Waals surface area contributed by atoms with Gasteiger partial charge in [0, 0.05) is 30.6 Å². The zero-order chi connectivity index (χ0) is 27.3. The van der Waals surface area contributed by atoms with Gasteiger partial charge in [-0.2, -0.15) is 0 Å². The lowest BCUT2D eigenvalue weighted by molar-refractivity contribution is -0.384. The predicted octanol–water partition coefficient (Wildman–Crippen LogP) is 3.01. The quantitative estimate of drug-likeness (QED) is 0.323. The molecule has 3 fully saturated rings. The number of ether oxygens (including phenoxy) is 2. The molecule has 4 atom stereocenters. The van der Waals surface area contributed by atoms with E-state index in [1.54, 1.807) is 18.2 Å². The smallest absolute Gasteiger partial charge is 0.325 e. The number of nitrogens with one attached hydrogen (secondary N) is 1. The number of hydrogen-bond donors (Lipinski definition) is 2. The molecule has 39 heavy (non-hydrogen) atoms. The zero-order valence-corrected chi connectivity index (χ0v) is 21.2. The van der Waals surface area contributed by atoms with Gasteiger partial charge in [-0.05, 0) is 36.1 Å². The Morgan fingerprint density at radius 3 is 2.38 bits per heavy atom. The summed E-state index contributed by atoms with van der Waals surface area (Å²) in [7, 11) is 0. The Balaban J connectivity index is 1.43. The molecule has 6 rings (SSSR count). The Morgan fingerprint density at radius 1 is 1.03 bits per heavy atom. The summed E-state index contributed by atoms with van der Waals surface area (Å²) in [6.07, 6.45) is 4.16. The summed E-state index contributed by atoms with van der Waals surface area (Å²) >= 11 is 0. The van der Waals surface area contributed by atoms with E-state index in [-0.39, 0.29) is 24.1 Å². The number of amides is 2. The lowest BCUT2D eigenvalue weighted by atomic mass is 9.76. The molecule has 204 valence electrons. The van der Waals surface area contributed by atoms with Gasteiger partial charge in [0.05, 0.1) is 16.8 Å². The Hall–Kier alpha value is -3.99. The molecule has 11 nitrogen and oxygen atoms in total. The molecular formula is C28H29N3O8. The first-order valence-electron chi connectivity index (χ1n) is 13.3. The van der Waals surface area contributed by atoms with Crippen LogP contribution in [-0.4, -0.2) is 57.5 Å². The van der Waals surface area contributed by atoms with Gasteiger partial charge in [0.15, 0.2) is 11.5 Å². The third-order valence-electron chi connectivity index (χ3n) is 8.57. The highest BCUT2D eigenvalue weighted by Gasteiger charge is 2.69. The maximum Gasteiger partial charge on any atom is 0.325 e. The molecule has 0 spiro atoms. The summed E-state index contributed by atoms with van der Waals surface area (Å²) in [5.41, 5.74) is -0.777. The predicted molar refractivity (Wildman–Crippen MR) is 136 cm³/mol. The van der Waals surface area contributed by atoms with Gasteiger partial charge in [0.2, 0.25) is 11.8 Å². The Labute approximate surface area is 224 Å². The molecule has 3 aliphatic heterocycles. The first-order valence-corrected chi connectivity index (χ1v) is 13.3. The number of hydrogen-bond acceptors (Lipinski definition) is 8. The van der Waals surface area contributed by atoms with Gasteiger partial charge >= 0.3 is 5.97 Å². The number of aliphatic carboxylic acids is 1. The van der Waals surface area contributed by atoms with Crippen LogP contribution in [0.5, 0.6) is 11.5 Å². The highest BCUT2D eigenvalue weighted by molar-refractivity contribution is 6.09. The monoisotopic (exact) mass is 535 g/mol. The summed E-state index contributed by atoms with van der Waals surface area (Å²) in [5.74, 6) is -3.06. The molecular weight excluding hydrogens is 506 g/mol. The van der Waals surface area contributed by atoms with E-state index < -0.39 is 40.2 Å². The third-order valence-corrected chi connectivity index (χ3v) is 8.57. The van der Waals surface area contributed by atoms with Crippen LogP contribution in [0.4, 0.5) is 5.69 Å². The maximum atomic E-state index is 14.0. The van der Waals surface area contributed by atoms with Crippen molar-refractivity contribution in [3.63, 3.8) is 0 Å². The molecule has 2 saturated heterocycles. The van der Waals surface area contributed by atoms with E-state index in [9.17, 15) is 29.6 Å². The second-order valence-corrected chi connectivity index (χ2v) is 10.7. The van der Waals surface area contributed by atoms with Crippen LogP contribution in [0.2, 0.25) is 0 Å². The van der Waals surface area contributed by atoms with Gasteiger partial charge in [0.25, 0.3) is 5.69 Å². The number of carboxylic acid groups (broad SMARTS) is 1. The minimum atomic E-state index is -1.80. The topological polar surface area (TPSA) is 148 Å². The number of rotatable bonds is 6. The maximum absolute atomic E-state index is 14.0. The number of carbonyl (C=O) groups is 3. The summed E-state index contributed by atoms with van der Waals surface area (Å²) in [5, 5.41) is 25.0. The number of nitrogens with zero attached hydrogens (tertiary/aromatic N) is 2. The first kappa shape index (κ1) is 25.3. The van der Waals surface area contributed by atoms with Crippen LogP contribution in [0.3, 0.4) is 0 Å². The van der Waals surface area contributed by atoms with Crippen molar-refractivity contribution in [2.45, 2.75) is 56.1 Å². The van der Waals surface area contributed by atoms with Crippen molar-refractivity contribution in [1.82, 2.24) is 10.2 Å². The van der Waals surface area contributed by atoms with Crippen molar-refractivity contribution in [2.75, 3.05) is 13.2 Å². The third kappa shape index (κ3) is 4.12. The average molecular weight is 536 g/mol. The molecule has 1 aliphatic carbocycles. The van der Waals surface area contributed by atoms with Gasteiger partial charge in [-0.15, -0.1) is 0 Å². The number of carbonyl (C=O) groups excluding carboxylic acids is 2. The van der Waals surface area contributed by atoms with Crippen molar-refractivity contribution in [2.24, 2.45) is 11.8 Å². The largest absolute Gasteiger partial charge is 0.486 e. The Kier molecular flexibility index (Phi) is 6.25. The van der Waals surface area contributed by atoms with Crippen LogP contribution < -0.4 is 14.8 Å². The summed E-state index contributed by atoms with van der Waals surface area (Å²) in [6.45, 7) is 0.784. The lowest BCUT2D eigenvalue weighted by Crippen LogP contribution is -2.58. The lowest BCUT2D eigenvalue weighted by Gasteiger charge is -2.34. The summed E-state index contributed by atoms with van der Waals surface area (Å²) < 4.78 is 11.4. The van der Waals surface area contributed by atoms with Crippen molar-refractivity contribution in [3.05, 3.63) is 63.7 Å². The molecule has 2 aromatic carbocycles. The number of non-ortho nitro benzene ring substituents is 1. The SMILES string of the molecule is O=C1C2C(c3ccc4c(c3)OCCO4)NC(Cc3ccc([N+](=O)[O-])cc3)(C(=O)O)C2C(=O)N1C1CCCCC1. The fourth-order valence-corrected chi connectivity index (χ4v) is 6.76. The number of nitro groups is 1. The highest BCUT2D eigenvalue weighted by Crippen LogP contribution is 2.52. The standard InChI is InChI=1S/C28H29N3O8/c32-25-22-23(26(33)30(25)18-4-2-1-3-5-18)28(27(34)35,15-16-6-9-19(10-7-16)31(36)37)29-24(22)17-8-11-20-21(14-17)39-13-12-38-20/h6-11,14,18,22-24,29H,1-5,12-13,15H2,(H,34,35). The van der Waals surface area contributed by atoms with Crippen LogP contribution in [0.25, 0.3) is 0 Å². The Morgan fingerprint density at radius 2 is 1.72 bits per heavy atom. The van der Waals surface area contributed by atoms with Gasteiger partial charge in [-0.1, -0.05) is 37.5 Å². The molecule has 2 aromatic rings. The fraction of sp³-hybridized carbons (Fsp3) is 0.464. The molecule has 4 aliphatic rings. The van der Waals surface area contributed by atoms with E-state index >= 15 is 0 Å². The van der Waals surface area contributed by atoms with Crippen LogP contribution in [-0.2, 0) is 20.8 Å². The van der Waals surface area contributed by atoms with E-state index in [1.807, 2.05) is 0 Å². The van der Waals surface area contributed by atoms with Crippen molar-refractivity contribution >= 4 is 23.5 Å². The molecule has 0 bridgehead atoms. The number of carboxylic acids is 1. The van der Waals surface area contributed by atoms with Crippen molar-refractivity contribution in [3.8, 4) is 11.5 Å². The summed E-state index contributed by atoms with van der Waals surface area (Å²) in [6, 6.07) is 9.87. The van der Waals surface area contributed by atoms with Crippen LogP contribution in [0.15, 0.2) is 42.5 Å². The fourth-order valence-electron chi connectivity index (χ4n) is 6.76. The molecule has 2 N–H and O–H groups in total. The second kappa shape index (κ2) is 9.64. The molecule has 11 heteroatoms. The first-order chi connectivity index (χ1) is 18.8. The van der Waals surface area contributed by atoms with Gasteiger partial charge in [-0.3, -0.25) is 34.7 Å². The van der Waals surface area contributed by atoms with Crippen LogP contribution >= 0.6 is 0 Å². The van der Waals surface area contributed by atoms with Crippen LogP contribution in [0.1, 0.15) is 49.3 Å². The van der Waals surface area contributed by atoms with E-state index in [0.717, 1.165) is 19.3 Å². The normalized spacial score (nSPS) is 28.4. The minimum Gasteiger partial charge on any atom is -0.486 e. The number of nitro benzene ring substituents is 1. The van der Waals surface area contributed by atoms with Gasteiger partial charge in [-0.25, -0.2) is 0 Å². The Bertz CT molecular complexity index is 1340. The van der Waals surface area contributed by atoms with Crippen molar-refractivity contribution < 1.29 is 33.9 Å². The van der Waals surface area contributed by atoms with Crippen LogP contribution in [0, 0.1) is 22.0 Å². The number of fused-ring (bicyclic) bond motifs is 2. The molecule has 1 saturated carbocycles. The molecule has 3 heterocycles. The van der Waals surface area contributed by atoms with Crippen molar-refractivity contribution in [1.29, 1.82) is 0 Å². The second-order valence-electron chi connectivity index (χ2n) is 10.7. The molecule has 2 amide bonds. The average Bonchev–Trinajstić information content (AvgIpc) is 3.43. The highest BCUT2D eigenvalue weighted by atomic mass is 16.6. The minimum absolute atomic E-state index is 0.120. The zero-order valence-electron chi connectivity index (χ0n) is 21.2. The number of likely N-dealkylation sites (tertiary alicyclic amines) is 1. The number of benzene rings is 2. The molecule has 0 aromatic heterocycles. The van der Waals surface area contributed by atoms with Gasteiger partial charge < -0.3 is 14.6 Å². The van der Waals surface area contributed by atoms with E-state index in [4.69, 9.17) is 9.47 Å².